The number of carbonyl (C=O) groups is 2. The van der Waals surface area contributed by atoms with Crippen molar-refractivity contribution in [3.8, 4) is 5.75 Å². The molecule has 142 valence electrons. The van der Waals surface area contributed by atoms with E-state index >= 15 is 0 Å². The van der Waals surface area contributed by atoms with Gasteiger partial charge in [-0.2, -0.15) is 0 Å². The molecule has 0 bridgehead atoms. The molecule has 3 rings (SSSR count). The summed E-state index contributed by atoms with van der Waals surface area (Å²) >= 11 is 11.8. The number of rotatable bonds is 5. The molecule has 8 heteroatoms. The minimum absolute atomic E-state index is 0.0417. The third-order valence-corrected chi connectivity index (χ3v) is 4.52. The molecule has 1 saturated heterocycles. The number of morpholine rings is 1. The van der Waals surface area contributed by atoms with Gasteiger partial charge >= 0.3 is 0 Å². The number of halogens is 2. The Balaban J connectivity index is 1.52. The van der Waals surface area contributed by atoms with Crippen LogP contribution in [0.1, 0.15) is 10.4 Å². The van der Waals surface area contributed by atoms with Gasteiger partial charge in [0.15, 0.2) is 6.61 Å². The monoisotopic (exact) mass is 408 g/mol. The Labute approximate surface area is 167 Å². The van der Waals surface area contributed by atoms with Crippen molar-refractivity contribution in [2.24, 2.45) is 0 Å². The summed E-state index contributed by atoms with van der Waals surface area (Å²) in [6, 6.07) is 11.5. The van der Waals surface area contributed by atoms with E-state index in [-0.39, 0.29) is 18.4 Å². The molecule has 0 unspecified atom stereocenters. The number of hydrogen-bond donors (Lipinski definition) is 1. The van der Waals surface area contributed by atoms with Crippen molar-refractivity contribution in [2.45, 2.75) is 0 Å². The highest BCUT2D eigenvalue weighted by atomic mass is 35.5. The lowest BCUT2D eigenvalue weighted by Crippen LogP contribution is -2.40. The number of anilines is 1. The van der Waals surface area contributed by atoms with Gasteiger partial charge in [-0.15, -0.1) is 0 Å². The molecule has 2 aromatic carbocycles. The zero-order valence-corrected chi connectivity index (χ0v) is 15.9. The summed E-state index contributed by atoms with van der Waals surface area (Å²) in [5.41, 5.74) is 1.03. The van der Waals surface area contributed by atoms with Gasteiger partial charge in [-0.3, -0.25) is 9.59 Å². The van der Waals surface area contributed by atoms with Crippen LogP contribution in [0.2, 0.25) is 10.0 Å². The van der Waals surface area contributed by atoms with Crippen molar-refractivity contribution in [3.63, 3.8) is 0 Å². The lowest BCUT2D eigenvalue weighted by Gasteiger charge is -2.26. The summed E-state index contributed by atoms with van der Waals surface area (Å²) < 4.78 is 10.7. The summed E-state index contributed by atoms with van der Waals surface area (Å²) in [5.74, 6) is 0.0959. The second-order valence-electron chi connectivity index (χ2n) is 5.89. The second kappa shape index (κ2) is 9.08. The molecule has 1 fully saturated rings. The largest absolute Gasteiger partial charge is 0.484 e. The lowest BCUT2D eigenvalue weighted by molar-refractivity contribution is -0.118. The van der Waals surface area contributed by atoms with Gasteiger partial charge in [0.25, 0.3) is 11.8 Å². The van der Waals surface area contributed by atoms with E-state index in [9.17, 15) is 9.59 Å². The van der Waals surface area contributed by atoms with Crippen molar-refractivity contribution in [3.05, 3.63) is 58.1 Å². The highest BCUT2D eigenvalue weighted by molar-refractivity contribution is 6.36. The van der Waals surface area contributed by atoms with Crippen LogP contribution in [-0.4, -0.2) is 49.6 Å². The molecule has 2 aromatic rings. The first kappa shape index (κ1) is 19.5. The molecule has 0 aromatic heterocycles. The molecule has 1 aliphatic heterocycles. The second-order valence-corrected chi connectivity index (χ2v) is 6.73. The molecule has 2 amide bonds. The summed E-state index contributed by atoms with van der Waals surface area (Å²) in [4.78, 5) is 26.1. The fourth-order valence-electron chi connectivity index (χ4n) is 2.57. The Morgan fingerprint density at radius 2 is 1.78 bits per heavy atom. The first-order valence-corrected chi connectivity index (χ1v) is 9.13. The van der Waals surface area contributed by atoms with E-state index in [1.54, 1.807) is 47.4 Å². The highest BCUT2D eigenvalue weighted by Gasteiger charge is 2.18. The Morgan fingerprint density at radius 1 is 1.07 bits per heavy atom. The topological polar surface area (TPSA) is 67.9 Å². The fourth-order valence-corrected chi connectivity index (χ4v) is 3.02. The SMILES string of the molecule is O=C(COc1ccc(C(=O)N2CCOCC2)cc1)Nc1ccc(Cl)cc1Cl. The van der Waals surface area contributed by atoms with Crippen LogP contribution in [0.3, 0.4) is 0 Å². The molecule has 1 heterocycles. The van der Waals surface area contributed by atoms with Crippen LogP contribution in [0.4, 0.5) is 5.69 Å². The number of nitrogens with one attached hydrogen (secondary N) is 1. The summed E-state index contributed by atoms with van der Waals surface area (Å²) in [6.45, 7) is 2.10. The van der Waals surface area contributed by atoms with Crippen molar-refractivity contribution < 1.29 is 19.1 Å². The third-order valence-electron chi connectivity index (χ3n) is 3.97. The molecule has 1 aliphatic rings. The molecule has 0 spiro atoms. The number of carbonyl (C=O) groups excluding carboxylic acids is 2. The van der Waals surface area contributed by atoms with E-state index in [0.29, 0.717) is 53.3 Å². The van der Waals surface area contributed by atoms with E-state index in [4.69, 9.17) is 32.7 Å². The van der Waals surface area contributed by atoms with Crippen LogP contribution < -0.4 is 10.1 Å². The number of nitrogens with zero attached hydrogens (tertiary/aromatic N) is 1. The number of hydrogen-bond acceptors (Lipinski definition) is 4. The van der Waals surface area contributed by atoms with Gasteiger partial charge in [-0.25, -0.2) is 0 Å². The van der Waals surface area contributed by atoms with E-state index < -0.39 is 0 Å². The van der Waals surface area contributed by atoms with Crippen molar-refractivity contribution in [1.82, 2.24) is 4.90 Å². The number of benzene rings is 2. The molecular formula is C19H18Cl2N2O4. The van der Waals surface area contributed by atoms with Gasteiger partial charge in [-0.1, -0.05) is 23.2 Å². The fraction of sp³-hybridized carbons (Fsp3) is 0.263. The van der Waals surface area contributed by atoms with Crippen molar-refractivity contribution in [1.29, 1.82) is 0 Å². The van der Waals surface area contributed by atoms with Gasteiger partial charge in [0.2, 0.25) is 0 Å². The van der Waals surface area contributed by atoms with Gasteiger partial charge in [0, 0.05) is 23.7 Å². The van der Waals surface area contributed by atoms with E-state index in [2.05, 4.69) is 5.32 Å². The van der Waals surface area contributed by atoms with E-state index in [1.165, 1.54) is 0 Å². The average molecular weight is 409 g/mol. The smallest absolute Gasteiger partial charge is 0.262 e. The van der Waals surface area contributed by atoms with Gasteiger partial charge in [0.1, 0.15) is 5.75 Å². The maximum Gasteiger partial charge on any atom is 0.262 e. The minimum atomic E-state index is -0.354. The standard InChI is InChI=1S/C19H18Cl2N2O4/c20-14-3-6-17(16(21)11-14)22-18(24)12-27-15-4-1-13(2-5-15)19(25)23-7-9-26-10-8-23/h1-6,11H,7-10,12H2,(H,22,24). The first-order chi connectivity index (χ1) is 13.0. The van der Waals surface area contributed by atoms with E-state index in [0.717, 1.165) is 0 Å². The molecule has 27 heavy (non-hydrogen) atoms. The first-order valence-electron chi connectivity index (χ1n) is 8.38. The molecule has 1 N–H and O–H groups in total. The molecule has 0 saturated carbocycles. The molecule has 0 aliphatic carbocycles. The minimum Gasteiger partial charge on any atom is -0.484 e. The van der Waals surface area contributed by atoms with E-state index in [1.807, 2.05) is 0 Å². The Kier molecular flexibility index (Phi) is 6.55. The number of amides is 2. The summed E-state index contributed by atoms with van der Waals surface area (Å²) in [5, 5.41) is 3.49. The summed E-state index contributed by atoms with van der Waals surface area (Å²) in [6.07, 6.45) is 0. The van der Waals surface area contributed by atoms with Crippen LogP contribution >= 0.6 is 23.2 Å². The third kappa shape index (κ3) is 5.35. The van der Waals surface area contributed by atoms with Gasteiger partial charge in [0.05, 0.1) is 23.9 Å². The zero-order valence-electron chi connectivity index (χ0n) is 14.4. The lowest BCUT2D eigenvalue weighted by atomic mass is 10.2. The Bertz CT molecular complexity index is 821. The van der Waals surface area contributed by atoms with Crippen LogP contribution in [0.15, 0.2) is 42.5 Å². The Morgan fingerprint density at radius 3 is 2.44 bits per heavy atom. The zero-order chi connectivity index (χ0) is 19.2. The van der Waals surface area contributed by atoms with Crippen LogP contribution in [0, 0.1) is 0 Å². The molecular weight excluding hydrogens is 391 g/mol. The molecule has 0 atom stereocenters. The molecule has 0 radical (unpaired) electrons. The van der Waals surface area contributed by atoms with Gasteiger partial charge in [-0.05, 0) is 42.5 Å². The van der Waals surface area contributed by atoms with Crippen LogP contribution in [0.5, 0.6) is 5.75 Å². The van der Waals surface area contributed by atoms with Crippen molar-refractivity contribution in [2.75, 3.05) is 38.2 Å². The maximum atomic E-state index is 12.4. The predicted molar refractivity (Wildman–Crippen MR) is 104 cm³/mol. The predicted octanol–water partition coefficient (Wildman–Crippen LogP) is 3.48. The maximum absolute atomic E-state index is 12.4. The Hall–Kier alpha value is -2.28. The number of ether oxygens (including phenoxy) is 2. The average Bonchev–Trinajstić information content (AvgIpc) is 2.69. The quantitative estimate of drug-likeness (QED) is 0.821. The van der Waals surface area contributed by atoms with Crippen molar-refractivity contribution >= 4 is 40.7 Å². The molecule has 6 nitrogen and oxygen atoms in total. The van der Waals surface area contributed by atoms with Crippen LogP contribution in [-0.2, 0) is 9.53 Å². The highest BCUT2D eigenvalue weighted by Crippen LogP contribution is 2.25. The van der Waals surface area contributed by atoms with Gasteiger partial charge < -0.3 is 19.7 Å². The van der Waals surface area contributed by atoms with Crippen LogP contribution in [0.25, 0.3) is 0 Å². The normalized spacial score (nSPS) is 13.9. The summed E-state index contributed by atoms with van der Waals surface area (Å²) in [7, 11) is 0.